The van der Waals surface area contributed by atoms with E-state index in [4.69, 9.17) is 10.5 Å². The van der Waals surface area contributed by atoms with E-state index in [9.17, 15) is 13.2 Å². The molecule has 6 heteroatoms. The third kappa shape index (κ3) is 7.03. The molecule has 0 fully saturated rings. The first-order valence-electron chi connectivity index (χ1n) is 5.26. The second kappa shape index (κ2) is 7.09. The molecule has 0 spiro atoms. The van der Waals surface area contributed by atoms with Gasteiger partial charge < -0.3 is 15.2 Å². The highest BCUT2D eigenvalue weighted by Crippen LogP contribution is 2.24. The fourth-order valence-corrected chi connectivity index (χ4v) is 1.10. The van der Waals surface area contributed by atoms with Gasteiger partial charge in [-0.2, -0.15) is 13.2 Å². The molecule has 98 valence electrons. The lowest BCUT2D eigenvalue weighted by molar-refractivity contribution is -0.227. The molecule has 0 amide bonds. The van der Waals surface area contributed by atoms with Crippen LogP contribution in [0.3, 0.4) is 0 Å². The van der Waals surface area contributed by atoms with Crippen LogP contribution in [0, 0.1) is 5.92 Å². The third-order valence-corrected chi connectivity index (χ3v) is 1.78. The van der Waals surface area contributed by atoms with Crippen LogP contribution < -0.4 is 5.73 Å². The Kier molecular flexibility index (Phi) is 6.94. The van der Waals surface area contributed by atoms with Gasteiger partial charge in [0.15, 0.2) is 6.10 Å². The zero-order chi connectivity index (χ0) is 12.8. The Morgan fingerprint density at radius 3 is 2.06 bits per heavy atom. The summed E-state index contributed by atoms with van der Waals surface area (Å²) in [6.07, 6.45) is -6.35. The van der Waals surface area contributed by atoms with E-state index in [0.717, 1.165) is 0 Å². The van der Waals surface area contributed by atoms with Crippen molar-refractivity contribution >= 4 is 0 Å². The van der Waals surface area contributed by atoms with Crippen molar-refractivity contribution in [1.82, 2.24) is 0 Å². The summed E-state index contributed by atoms with van der Waals surface area (Å²) in [6, 6.07) is -1.08. The van der Waals surface area contributed by atoms with Crippen molar-refractivity contribution in [1.29, 1.82) is 0 Å². The maximum atomic E-state index is 12.4. The maximum absolute atomic E-state index is 12.4. The van der Waals surface area contributed by atoms with Crippen molar-refractivity contribution in [3.8, 4) is 0 Å². The van der Waals surface area contributed by atoms with Gasteiger partial charge in [0, 0.05) is 12.6 Å². The second-order valence-corrected chi connectivity index (χ2v) is 4.16. The smallest absolute Gasteiger partial charge is 0.379 e. The third-order valence-electron chi connectivity index (χ3n) is 1.78. The van der Waals surface area contributed by atoms with Gasteiger partial charge in [0.2, 0.25) is 0 Å². The van der Waals surface area contributed by atoms with Gasteiger partial charge in [-0.25, -0.2) is 0 Å². The highest BCUT2D eigenvalue weighted by atomic mass is 19.4. The molecular weight excluding hydrogens is 223 g/mol. The van der Waals surface area contributed by atoms with Crippen LogP contribution in [0.25, 0.3) is 0 Å². The largest absolute Gasteiger partial charge is 0.416 e. The van der Waals surface area contributed by atoms with Gasteiger partial charge in [-0.3, -0.25) is 0 Å². The van der Waals surface area contributed by atoms with Crippen LogP contribution >= 0.6 is 0 Å². The topological polar surface area (TPSA) is 44.5 Å². The predicted octanol–water partition coefficient (Wildman–Crippen LogP) is 1.95. The summed E-state index contributed by atoms with van der Waals surface area (Å²) < 4.78 is 46.9. The number of alkyl halides is 3. The first-order valence-corrected chi connectivity index (χ1v) is 5.26. The molecule has 0 saturated heterocycles. The lowest BCUT2D eigenvalue weighted by Crippen LogP contribution is -2.45. The molecule has 0 aliphatic rings. The van der Waals surface area contributed by atoms with E-state index in [2.05, 4.69) is 4.74 Å². The Bertz CT molecular complexity index is 183. The summed E-state index contributed by atoms with van der Waals surface area (Å²) in [7, 11) is 0. The molecular formula is C10H20F3NO2. The fraction of sp³-hybridized carbons (Fsp3) is 1.00. The molecule has 0 rings (SSSR count). The first-order chi connectivity index (χ1) is 7.25. The van der Waals surface area contributed by atoms with Crippen molar-refractivity contribution in [3.05, 3.63) is 0 Å². The fourth-order valence-electron chi connectivity index (χ4n) is 1.10. The monoisotopic (exact) mass is 243 g/mol. The van der Waals surface area contributed by atoms with Crippen molar-refractivity contribution in [2.24, 2.45) is 11.7 Å². The Balaban J connectivity index is 3.79. The van der Waals surface area contributed by atoms with Gasteiger partial charge in [0.1, 0.15) is 0 Å². The molecule has 0 aromatic rings. The summed E-state index contributed by atoms with van der Waals surface area (Å²) in [5.74, 6) is 0.354. The quantitative estimate of drug-likeness (QED) is 0.695. The molecule has 0 radical (unpaired) electrons. The minimum absolute atomic E-state index is 0.0988. The summed E-state index contributed by atoms with van der Waals surface area (Å²) in [4.78, 5) is 0. The van der Waals surface area contributed by atoms with E-state index in [1.165, 1.54) is 6.92 Å². The van der Waals surface area contributed by atoms with E-state index < -0.39 is 18.3 Å². The molecule has 0 heterocycles. The maximum Gasteiger partial charge on any atom is 0.416 e. The summed E-state index contributed by atoms with van der Waals surface area (Å²) >= 11 is 0. The normalized spacial score (nSPS) is 16.5. The predicted molar refractivity (Wildman–Crippen MR) is 55.1 cm³/mol. The Hall–Kier alpha value is -0.330. The Morgan fingerprint density at radius 2 is 1.69 bits per heavy atom. The van der Waals surface area contributed by atoms with Gasteiger partial charge in [0.05, 0.1) is 13.2 Å². The van der Waals surface area contributed by atoms with Crippen LogP contribution in [0.4, 0.5) is 13.2 Å². The molecule has 0 aromatic carbocycles. The molecule has 2 unspecified atom stereocenters. The number of hydrogen-bond acceptors (Lipinski definition) is 3. The number of nitrogens with two attached hydrogens (primary N) is 1. The van der Waals surface area contributed by atoms with Crippen molar-refractivity contribution < 1.29 is 22.6 Å². The summed E-state index contributed by atoms with van der Waals surface area (Å²) in [5, 5.41) is 0. The number of rotatable bonds is 7. The minimum atomic E-state index is -4.42. The molecule has 0 aliphatic carbocycles. The average Bonchev–Trinajstić information content (AvgIpc) is 2.07. The highest BCUT2D eigenvalue weighted by Gasteiger charge is 2.42. The van der Waals surface area contributed by atoms with Gasteiger partial charge in [-0.15, -0.1) is 0 Å². The molecule has 0 bridgehead atoms. The van der Waals surface area contributed by atoms with Crippen LogP contribution in [0.15, 0.2) is 0 Å². The second-order valence-electron chi connectivity index (χ2n) is 4.16. The van der Waals surface area contributed by atoms with Crippen molar-refractivity contribution in [3.63, 3.8) is 0 Å². The zero-order valence-electron chi connectivity index (χ0n) is 9.88. The molecule has 16 heavy (non-hydrogen) atoms. The van der Waals surface area contributed by atoms with Crippen molar-refractivity contribution in [2.75, 3.05) is 19.8 Å². The highest BCUT2D eigenvalue weighted by molar-refractivity contribution is 4.76. The zero-order valence-corrected chi connectivity index (χ0v) is 9.88. The standard InChI is InChI=1S/C10H20F3NO2/c1-7(2)6-15-4-5-16-9(8(3)14)10(11,12)13/h7-9H,4-6,14H2,1-3H3. The molecule has 0 aliphatic heterocycles. The molecule has 2 N–H and O–H groups in total. The van der Waals surface area contributed by atoms with E-state index >= 15 is 0 Å². The van der Waals surface area contributed by atoms with Crippen LogP contribution in [0.5, 0.6) is 0 Å². The van der Waals surface area contributed by atoms with E-state index in [1.54, 1.807) is 0 Å². The molecule has 0 aromatic heterocycles. The summed E-state index contributed by atoms with van der Waals surface area (Å²) in [5.41, 5.74) is 5.20. The van der Waals surface area contributed by atoms with Crippen LogP contribution in [-0.4, -0.2) is 38.1 Å². The lowest BCUT2D eigenvalue weighted by Gasteiger charge is -2.23. The molecule has 0 saturated carbocycles. The Labute approximate surface area is 94.1 Å². The SMILES string of the molecule is CC(C)COCCOC(C(C)N)C(F)(F)F. The van der Waals surface area contributed by atoms with Crippen LogP contribution in [0.2, 0.25) is 0 Å². The minimum Gasteiger partial charge on any atom is -0.379 e. The molecule has 2 atom stereocenters. The number of ether oxygens (including phenoxy) is 2. The first kappa shape index (κ1) is 15.7. The number of hydrogen-bond donors (Lipinski definition) is 1. The number of halogens is 3. The van der Waals surface area contributed by atoms with Gasteiger partial charge >= 0.3 is 6.18 Å². The lowest BCUT2D eigenvalue weighted by atomic mass is 10.2. The van der Waals surface area contributed by atoms with Gasteiger partial charge in [-0.1, -0.05) is 13.8 Å². The van der Waals surface area contributed by atoms with Crippen LogP contribution in [0.1, 0.15) is 20.8 Å². The van der Waals surface area contributed by atoms with Crippen molar-refractivity contribution in [2.45, 2.75) is 39.1 Å². The molecule has 3 nitrogen and oxygen atoms in total. The van der Waals surface area contributed by atoms with Gasteiger partial charge in [-0.05, 0) is 12.8 Å². The van der Waals surface area contributed by atoms with Gasteiger partial charge in [0.25, 0.3) is 0 Å². The average molecular weight is 243 g/mol. The van der Waals surface area contributed by atoms with E-state index in [-0.39, 0.29) is 13.2 Å². The van der Waals surface area contributed by atoms with E-state index in [0.29, 0.717) is 12.5 Å². The van der Waals surface area contributed by atoms with E-state index in [1.807, 2.05) is 13.8 Å². The van der Waals surface area contributed by atoms with Crippen LogP contribution in [-0.2, 0) is 9.47 Å². The summed E-state index contributed by atoms with van der Waals surface area (Å²) in [6.45, 7) is 5.75. The Morgan fingerprint density at radius 1 is 1.12 bits per heavy atom.